The molecule has 0 bridgehead atoms. The van der Waals surface area contributed by atoms with Crippen LogP contribution in [-0.4, -0.2) is 29.5 Å². The van der Waals surface area contributed by atoms with Crippen LogP contribution < -0.4 is 5.32 Å². The monoisotopic (exact) mass is 291 g/mol. The molecule has 1 saturated heterocycles. The van der Waals surface area contributed by atoms with E-state index in [4.69, 9.17) is 0 Å². The van der Waals surface area contributed by atoms with Gasteiger partial charge in [0.2, 0.25) is 0 Å². The molecule has 0 radical (unpaired) electrons. The summed E-state index contributed by atoms with van der Waals surface area (Å²) in [7, 11) is 0. The second kappa shape index (κ2) is 6.89. The maximum absolute atomic E-state index is 11.2. The summed E-state index contributed by atoms with van der Waals surface area (Å²) >= 11 is 0. The molecule has 0 saturated carbocycles. The number of hydrogen-bond acceptors (Lipinski definition) is 4. The van der Waals surface area contributed by atoms with Crippen LogP contribution in [0.3, 0.4) is 0 Å². The van der Waals surface area contributed by atoms with E-state index in [-0.39, 0.29) is 10.6 Å². The Kier molecular flexibility index (Phi) is 5.17. The predicted octanol–water partition coefficient (Wildman–Crippen LogP) is 3.50. The molecule has 1 aromatic carbocycles. The van der Waals surface area contributed by atoms with Gasteiger partial charge in [0.05, 0.1) is 4.92 Å². The Morgan fingerprint density at radius 2 is 2.24 bits per heavy atom. The number of nitro groups is 1. The molecule has 1 N–H and O–H groups in total. The van der Waals surface area contributed by atoms with E-state index in [2.05, 4.69) is 24.1 Å². The fourth-order valence-corrected chi connectivity index (χ4v) is 3.04. The van der Waals surface area contributed by atoms with Crippen LogP contribution in [0.15, 0.2) is 18.2 Å². The molecule has 1 fully saturated rings. The predicted molar refractivity (Wildman–Crippen MR) is 85.5 cm³/mol. The number of para-hydroxylation sites is 1. The summed E-state index contributed by atoms with van der Waals surface area (Å²) in [6, 6.07) is 5.35. The Morgan fingerprint density at radius 1 is 1.48 bits per heavy atom. The van der Waals surface area contributed by atoms with Crippen molar-refractivity contribution in [3.8, 4) is 0 Å². The Labute approximate surface area is 126 Å². The first-order valence-corrected chi connectivity index (χ1v) is 7.75. The fraction of sp³-hybridized carbons (Fsp3) is 0.625. The van der Waals surface area contributed by atoms with Crippen molar-refractivity contribution in [2.75, 3.05) is 25.0 Å². The van der Waals surface area contributed by atoms with Crippen LogP contribution in [-0.2, 0) is 6.54 Å². The molecule has 0 aliphatic carbocycles. The van der Waals surface area contributed by atoms with E-state index >= 15 is 0 Å². The van der Waals surface area contributed by atoms with Crippen molar-refractivity contribution in [3.63, 3.8) is 0 Å². The minimum atomic E-state index is -0.303. The lowest BCUT2D eigenvalue weighted by atomic mass is 9.95. The molecule has 5 heteroatoms. The van der Waals surface area contributed by atoms with Crippen molar-refractivity contribution in [2.24, 2.45) is 11.8 Å². The zero-order valence-corrected chi connectivity index (χ0v) is 13.1. The normalized spacial score (nSPS) is 19.1. The summed E-state index contributed by atoms with van der Waals surface area (Å²) in [5.41, 5.74) is 1.88. The van der Waals surface area contributed by atoms with Crippen LogP contribution in [0.25, 0.3) is 0 Å². The standard InChI is InChI=1S/C16H25N3O2/c1-4-17-16-14(6-5-7-15(16)19(20)21)11-18-9-8-13(10-18)12(2)3/h5-7,12-13,17H,4,8-11H2,1-3H3. The summed E-state index contributed by atoms with van der Waals surface area (Å²) in [5, 5.41) is 14.3. The smallest absolute Gasteiger partial charge is 0.292 e. The molecule has 1 atom stereocenters. The summed E-state index contributed by atoms with van der Waals surface area (Å²) in [4.78, 5) is 13.3. The van der Waals surface area contributed by atoms with Crippen LogP contribution >= 0.6 is 0 Å². The molecular weight excluding hydrogens is 266 g/mol. The number of benzene rings is 1. The van der Waals surface area contributed by atoms with Gasteiger partial charge < -0.3 is 5.32 Å². The van der Waals surface area contributed by atoms with Gasteiger partial charge in [0.15, 0.2) is 0 Å². The minimum absolute atomic E-state index is 0.175. The molecular formula is C16H25N3O2. The van der Waals surface area contributed by atoms with Crippen molar-refractivity contribution in [2.45, 2.75) is 33.7 Å². The molecule has 0 amide bonds. The van der Waals surface area contributed by atoms with Crippen LogP contribution in [0.2, 0.25) is 0 Å². The zero-order chi connectivity index (χ0) is 15.4. The minimum Gasteiger partial charge on any atom is -0.380 e. The average Bonchev–Trinajstić information content (AvgIpc) is 2.89. The van der Waals surface area contributed by atoms with Crippen molar-refractivity contribution in [1.29, 1.82) is 0 Å². The molecule has 0 aromatic heterocycles. The van der Waals surface area contributed by atoms with Crippen molar-refractivity contribution in [1.82, 2.24) is 4.90 Å². The van der Waals surface area contributed by atoms with Crippen molar-refractivity contribution >= 4 is 11.4 Å². The highest BCUT2D eigenvalue weighted by molar-refractivity contribution is 5.66. The first-order valence-electron chi connectivity index (χ1n) is 7.75. The summed E-state index contributed by atoms with van der Waals surface area (Å²) in [6.45, 7) is 10.1. The highest BCUT2D eigenvalue weighted by atomic mass is 16.6. The van der Waals surface area contributed by atoms with E-state index in [1.54, 1.807) is 12.1 Å². The first-order chi connectivity index (χ1) is 10.0. The van der Waals surface area contributed by atoms with Gasteiger partial charge in [0.1, 0.15) is 5.69 Å². The number of anilines is 1. The van der Waals surface area contributed by atoms with E-state index in [0.29, 0.717) is 18.2 Å². The van der Waals surface area contributed by atoms with Crippen LogP contribution in [0, 0.1) is 22.0 Å². The number of rotatable bonds is 6. The van der Waals surface area contributed by atoms with Gasteiger partial charge >= 0.3 is 0 Å². The van der Waals surface area contributed by atoms with Gasteiger partial charge in [-0.05, 0) is 37.3 Å². The molecule has 0 spiro atoms. The number of hydrogen-bond donors (Lipinski definition) is 1. The Bertz CT molecular complexity index is 502. The molecule has 1 unspecified atom stereocenters. The number of nitro benzene ring substituents is 1. The highest BCUT2D eigenvalue weighted by Crippen LogP contribution is 2.31. The van der Waals surface area contributed by atoms with Gasteiger partial charge in [-0.3, -0.25) is 15.0 Å². The van der Waals surface area contributed by atoms with E-state index in [0.717, 1.165) is 31.1 Å². The lowest BCUT2D eigenvalue weighted by Crippen LogP contribution is -2.22. The van der Waals surface area contributed by atoms with Gasteiger partial charge in [-0.25, -0.2) is 0 Å². The Hall–Kier alpha value is -1.62. The molecule has 1 aromatic rings. The van der Waals surface area contributed by atoms with Gasteiger partial charge in [-0.15, -0.1) is 0 Å². The molecule has 21 heavy (non-hydrogen) atoms. The highest BCUT2D eigenvalue weighted by Gasteiger charge is 2.26. The molecule has 5 nitrogen and oxygen atoms in total. The maximum atomic E-state index is 11.2. The molecule has 2 rings (SSSR count). The van der Waals surface area contributed by atoms with Crippen molar-refractivity contribution in [3.05, 3.63) is 33.9 Å². The van der Waals surface area contributed by atoms with Crippen molar-refractivity contribution < 1.29 is 4.92 Å². The summed E-state index contributed by atoms with van der Waals surface area (Å²) in [5.74, 6) is 1.44. The molecule has 1 heterocycles. The fourth-order valence-electron chi connectivity index (χ4n) is 3.04. The largest absolute Gasteiger partial charge is 0.380 e. The first kappa shape index (κ1) is 15.8. The third-order valence-electron chi connectivity index (χ3n) is 4.32. The Morgan fingerprint density at radius 3 is 2.81 bits per heavy atom. The Balaban J connectivity index is 2.16. The lowest BCUT2D eigenvalue weighted by molar-refractivity contribution is -0.384. The van der Waals surface area contributed by atoms with E-state index in [1.807, 2.05) is 13.0 Å². The van der Waals surface area contributed by atoms with E-state index in [1.165, 1.54) is 6.42 Å². The number of nitrogens with zero attached hydrogens (tertiary/aromatic N) is 2. The SMILES string of the molecule is CCNc1c(CN2CCC(C(C)C)C2)cccc1[N+](=O)[O-]. The second-order valence-electron chi connectivity index (χ2n) is 6.13. The van der Waals surface area contributed by atoms with Gasteiger partial charge in [-0.1, -0.05) is 26.0 Å². The maximum Gasteiger partial charge on any atom is 0.292 e. The quantitative estimate of drug-likeness (QED) is 0.643. The lowest BCUT2D eigenvalue weighted by Gasteiger charge is -2.19. The average molecular weight is 291 g/mol. The van der Waals surface area contributed by atoms with Crippen LogP contribution in [0.5, 0.6) is 0 Å². The van der Waals surface area contributed by atoms with E-state index in [9.17, 15) is 10.1 Å². The summed E-state index contributed by atoms with van der Waals surface area (Å²) in [6.07, 6.45) is 1.23. The third-order valence-corrected chi connectivity index (χ3v) is 4.32. The molecule has 1 aliphatic heterocycles. The van der Waals surface area contributed by atoms with Gasteiger partial charge in [0.25, 0.3) is 5.69 Å². The van der Waals surface area contributed by atoms with Gasteiger partial charge in [-0.2, -0.15) is 0 Å². The third kappa shape index (κ3) is 3.73. The molecule has 1 aliphatic rings. The van der Waals surface area contributed by atoms with E-state index < -0.39 is 0 Å². The number of nitrogens with one attached hydrogen (secondary N) is 1. The topological polar surface area (TPSA) is 58.4 Å². The summed E-state index contributed by atoms with van der Waals surface area (Å²) < 4.78 is 0. The van der Waals surface area contributed by atoms with Crippen LogP contribution in [0.4, 0.5) is 11.4 Å². The van der Waals surface area contributed by atoms with Crippen LogP contribution in [0.1, 0.15) is 32.8 Å². The number of likely N-dealkylation sites (tertiary alicyclic amines) is 1. The molecule has 116 valence electrons. The zero-order valence-electron chi connectivity index (χ0n) is 13.1. The second-order valence-corrected chi connectivity index (χ2v) is 6.13. The van der Waals surface area contributed by atoms with Gasteiger partial charge in [0, 0.05) is 25.7 Å².